The van der Waals surface area contributed by atoms with Crippen molar-refractivity contribution in [2.24, 2.45) is 11.7 Å². The monoisotopic (exact) mass is 221 g/mol. The van der Waals surface area contributed by atoms with Crippen molar-refractivity contribution in [3.05, 3.63) is 0 Å². The molecule has 0 saturated carbocycles. The summed E-state index contributed by atoms with van der Waals surface area (Å²) in [5, 5.41) is 8.31. The van der Waals surface area contributed by atoms with Crippen molar-refractivity contribution in [1.29, 1.82) is 0 Å². The predicted molar refractivity (Wildman–Crippen MR) is 35.1 cm³/mol. The number of carbonyl (C=O) groups is 1. The van der Waals surface area contributed by atoms with Gasteiger partial charge in [0.25, 0.3) is 0 Å². The third-order valence-corrected chi connectivity index (χ3v) is 1.04. The van der Waals surface area contributed by atoms with E-state index in [1.165, 1.54) is 0 Å². The molecule has 0 aliphatic heterocycles. The quantitative estimate of drug-likeness (QED) is 0.728. The van der Waals surface area contributed by atoms with E-state index in [0.29, 0.717) is 12.3 Å². The maximum atomic E-state index is 10.1. The second kappa shape index (κ2) is 6.05. The molecule has 0 spiro atoms. The van der Waals surface area contributed by atoms with E-state index < -0.39 is 12.0 Å². The third-order valence-electron chi connectivity index (χ3n) is 1.04. The molecule has 10 heavy (non-hydrogen) atoms. The molecule has 0 radical (unpaired) electrons. The molecule has 1 unspecified atom stereocenters. The van der Waals surface area contributed by atoms with Crippen molar-refractivity contribution in [2.75, 3.05) is 0 Å². The van der Waals surface area contributed by atoms with Crippen LogP contribution in [0.2, 0.25) is 0 Å². The second-order valence-electron chi connectivity index (χ2n) is 2.57. The molecule has 0 amide bonds. The van der Waals surface area contributed by atoms with E-state index in [9.17, 15) is 4.79 Å². The molecule has 3 N–H and O–H groups in total. The van der Waals surface area contributed by atoms with Crippen LogP contribution in [0.25, 0.3) is 0 Å². The molecule has 0 saturated heterocycles. The Kier molecular flexibility index (Phi) is 7.83. The number of rotatable bonds is 3. The van der Waals surface area contributed by atoms with E-state index in [4.69, 9.17) is 10.8 Å². The zero-order valence-corrected chi connectivity index (χ0v) is 8.75. The number of nitrogens with two attached hydrogens (primary N) is 1. The Labute approximate surface area is 80.1 Å². The van der Waals surface area contributed by atoms with Gasteiger partial charge in [0.05, 0.1) is 0 Å². The summed E-state index contributed by atoms with van der Waals surface area (Å²) in [7, 11) is 0. The fourth-order valence-corrected chi connectivity index (χ4v) is 0.609. The van der Waals surface area contributed by atoms with Crippen molar-refractivity contribution in [3.63, 3.8) is 0 Å². The summed E-state index contributed by atoms with van der Waals surface area (Å²) in [6, 6.07) is -0.690. The fraction of sp³-hybridized carbons (Fsp3) is 0.833. The first-order valence-corrected chi connectivity index (χ1v) is 3.02. The van der Waals surface area contributed by atoms with Crippen LogP contribution in [0.3, 0.4) is 0 Å². The van der Waals surface area contributed by atoms with Gasteiger partial charge in [-0.3, -0.25) is 4.79 Å². The van der Waals surface area contributed by atoms with E-state index in [1.807, 2.05) is 13.8 Å². The summed E-state index contributed by atoms with van der Waals surface area (Å²) in [6.45, 7) is 3.89. The molecule has 1 atom stereocenters. The molecule has 0 rings (SSSR count). The number of hydrogen-bond donors (Lipinski definition) is 2. The third kappa shape index (κ3) is 6.43. The average Bonchev–Trinajstić information content (AvgIpc) is 1.63. The van der Waals surface area contributed by atoms with Gasteiger partial charge < -0.3 is 10.8 Å². The minimum atomic E-state index is -0.913. The van der Waals surface area contributed by atoms with E-state index in [0.717, 1.165) is 0 Å². The molecule has 3 nitrogen and oxygen atoms in total. The molecule has 58 valence electrons. The molecule has 0 bridgehead atoms. The Morgan fingerprint density at radius 3 is 2.10 bits per heavy atom. The summed E-state index contributed by atoms with van der Waals surface area (Å²) in [5.41, 5.74) is 5.22. The van der Waals surface area contributed by atoms with Gasteiger partial charge >= 0.3 is 5.97 Å². The zero-order valence-electron chi connectivity index (χ0n) is 6.29. The van der Waals surface area contributed by atoms with Gasteiger partial charge in [0, 0.05) is 26.2 Å². The van der Waals surface area contributed by atoms with E-state index >= 15 is 0 Å². The molecule has 0 fully saturated rings. The topological polar surface area (TPSA) is 63.3 Å². The maximum Gasteiger partial charge on any atom is 0.320 e. The summed E-state index contributed by atoms with van der Waals surface area (Å²) < 4.78 is 0. The van der Waals surface area contributed by atoms with E-state index in [2.05, 4.69) is 0 Å². The van der Waals surface area contributed by atoms with E-state index in [1.54, 1.807) is 0 Å². The predicted octanol–water partition coefficient (Wildman–Crippen LogP) is 0.442. The van der Waals surface area contributed by atoms with Crippen LogP contribution < -0.4 is 5.73 Å². The smallest absolute Gasteiger partial charge is 0.320 e. The zero-order chi connectivity index (χ0) is 7.44. The Hall–Kier alpha value is 0.313. The fourth-order valence-electron chi connectivity index (χ4n) is 0.609. The molecule has 0 aromatic carbocycles. The summed E-state index contributed by atoms with van der Waals surface area (Å²) in [4.78, 5) is 10.1. The molecule has 0 heterocycles. The van der Waals surface area contributed by atoms with Crippen molar-refractivity contribution < 1.29 is 36.1 Å². The van der Waals surface area contributed by atoms with Gasteiger partial charge in [-0.15, -0.1) is 0 Å². The van der Waals surface area contributed by atoms with Gasteiger partial charge in [0.1, 0.15) is 6.04 Å². The van der Waals surface area contributed by atoms with Crippen molar-refractivity contribution in [3.8, 4) is 0 Å². The minimum absolute atomic E-state index is 0. The molecule has 0 aliphatic carbocycles. The molecular weight excluding hydrogens is 209 g/mol. The van der Waals surface area contributed by atoms with Crippen LogP contribution in [0.15, 0.2) is 0 Å². The molecule has 0 aliphatic rings. The second-order valence-corrected chi connectivity index (χ2v) is 2.57. The molecule has 0 aromatic rings. The van der Waals surface area contributed by atoms with E-state index in [-0.39, 0.29) is 26.2 Å². The van der Waals surface area contributed by atoms with Gasteiger partial charge in [-0.25, -0.2) is 0 Å². The standard InChI is InChI=1S/C6H13NO2.Zr/c1-4(2)3-5(7)6(8)9;/h4-5H,3,7H2,1-2H3,(H,8,9);. The Morgan fingerprint density at radius 2 is 2.00 bits per heavy atom. The largest absolute Gasteiger partial charge is 0.480 e. The van der Waals surface area contributed by atoms with Crippen LogP contribution >= 0.6 is 0 Å². The van der Waals surface area contributed by atoms with Gasteiger partial charge in [0.15, 0.2) is 0 Å². The summed E-state index contributed by atoms with van der Waals surface area (Å²) in [6.07, 6.45) is 0.551. The van der Waals surface area contributed by atoms with Crippen molar-refractivity contribution in [2.45, 2.75) is 26.3 Å². The van der Waals surface area contributed by atoms with Crippen LogP contribution in [0.1, 0.15) is 20.3 Å². The molecular formula is C6H13NO2Zr. The molecule has 0 aromatic heterocycles. The number of carboxylic acids is 1. The first-order chi connectivity index (χ1) is 4.04. The van der Waals surface area contributed by atoms with Gasteiger partial charge in [0.2, 0.25) is 0 Å². The SMILES string of the molecule is CC(C)CC(N)C(=O)O.[Zr]. The van der Waals surface area contributed by atoms with Crippen LogP contribution in [0, 0.1) is 5.92 Å². The normalized spacial score (nSPS) is 12.4. The van der Waals surface area contributed by atoms with Gasteiger partial charge in [-0.2, -0.15) is 0 Å². The van der Waals surface area contributed by atoms with Crippen LogP contribution in [0.4, 0.5) is 0 Å². The molecule has 4 heteroatoms. The Balaban J connectivity index is 0. The Morgan fingerprint density at radius 1 is 1.60 bits per heavy atom. The number of carboxylic acid groups (broad SMARTS) is 1. The number of aliphatic carboxylic acids is 1. The van der Waals surface area contributed by atoms with Crippen LogP contribution in [-0.2, 0) is 31.0 Å². The average molecular weight is 222 g/mol. The van der Waals surface area contributed by atoms with Gasteiger partial charge in [-0.05, 0) is 12.3 Å². The number of hydrogen-bond acceptors (Lipinski definition) is 2. The summed E-state index contributed by atoms with van der Waals surface area (Å²) >= 11 is 0. The Bertz CT molecular complexity index is 106. The first-order valence-electron chi connectivity index (χ1n) is 3.02. The maximum absolute atomic E-state index is 10.1. The summed E-state index contributed by atoms with van der Waals surface area (Å²) in [5.74, 6) is -0.556. The van der Waals surface area contributed by atoms with Crippen molar-refractivity contribution >= 4 is 5.97 Å². The first kappa shape index (κ1) is 12.9. The van der Waals surface area contributed by atoms with Crippen LogP contribution in [-0.4, -0.2) is 17.1 Å². The van der Waals surface area contributed by atoms with Crippen LogP contribution in [0.5, 0.6) is 0 Å². The van der Waals surface area contributed by atoms with Gasteiger partial charge in [-0.1, -0.05) is 13.8 Å². The van der Waals surface area contributed by atoms with Crippen molar-refractivity contribution in [1.82, 2.24) is 0 Å². The minimum Gasteiger partial charge on any atom is -0.480 e.